The minimum absolute atomic E-state index is 0.333. The number of benzene rings is 3. The highest BCUT2D eigenvalue weighted by atomic mass is 15.3. The third-order valence-electron chi connectivity index (χ3n) is 7.82. The van der Waals surface area contributed by atoms with E-state index >= 15 is 0 Å². The lowest BCUT2D eigenvalue weighted by Gasteiger charge is -2.39. The van der Waals surface area contributed by atoms with Crippen LogP contribution in [0, 0.1) is 17.2 Å². The van der Waals surface area contributed by atoms with Gasteiger partial charge in [-0.05, 0) is 41.9 Å². The molecule has 2 fully saturated rings. The summed E-state index contributed by atoms with van der Waals surface area (Å²) >= 11 is 0. The van der Waals surface area contributed by atoms with E-state index in [2.05, 4.69) is 94.7 Å². The first-order valence-electron chi connectivity index (χ1n) is 12.3. The van der Waals surface area contributed by atoms with Crippen LogP contribution in [0.3, 0.4) is 0 Å². The minimum atomic E-state index is -0.577. The van der Waals surface area contributed by atoms with Gasteiger partial charge in [0.1, 0.15) is 5.41 Å². The molecular weight excluding hydrogens is 402 g/mol. The van der Waals surface area contributed by atoms with Gasteiger partial charge in [0.05, 0.1) is 6.07 Å². The smallest absolute Gasteiger partial charge is 0.110 e. The van der Waals surface area contributed by atoms with Crippen molar-refractivity contribution in [2.75, 3.05) is 26.2 Å². The molecule has 1 aliphatic heterocycles. The van der Waals surface area contributed by atoms with Crippen molar-refractivity contribution < 1.29 is 0 Å². The van der Waals surface area contributed by atoms with Gasteiger partial charge in [-0.3, -0.25) is 9.80 Å². The summed E-state index contributed by atoms with van der Waals surface area (Å²) in [6, 6.07) is 35.2. The Balaban J connectivity index is 1.30. The number of rotatable bonds is 6. The molecule has 0 N–H and O–H groups in total. The highest BCUT2D eigenvalue weighted by molar-refractivity contribution is 5.47. The van der Waals surface area contributed by atoms with E-state index in [0.717, 1.165) is 56.7 Å². The normalized spacial score (nSPS) is 22.2. The summed E-state index contributed by atoms with van der Waals surface area (Å²) in [4.78, 5) is 5.27. The van der Waals surface area contributed by atoms with Crippen LogP contribution in [0.2, 0.25) is 0 Å². The van der Waals surface area contributed by atoms with Crippen LogP contribution in [0.25, 0.3) is 0 Å². The predicted molar refractivity (Wildman–Crippen MR) is 134 cm³/mol. The summed E-state index contributed by atoms with van der Waals surface area (Å²) in [6.07, 6.45) is 3.38. The zero-order valence-corrected chi connectivity index (χ0v) is 19.3. The molecule has 168 valence electrons. The van der Waals surface area contributed by atoms with Gasteiger partial charge in [0, 0.05) is 38.8 Å². The van der Waals surface area contributed by atoms with E-state index in [-0.39, 0.29) is 0 Å². The average Bonchev–Trinajstić information content (AvgIpc) is 3.38. The molecule has 1 saturated heterocycles. The molecule has 3 aromatic carbocycles. The predicted octanol–water partition coefficient (Wildman–Crippen LogP) is 5.48. The van der Waals surface area contributed by atoms with E-state index in [1.165, 1.54) is 12.0 Å². The quantitative estimate of drug-likeness (QED) is 0.513. The summed E-state index contributed by atoms with van der Waals surface area (Å²) in [5.74, 6) is 0.333. The zero-order valence-electron chi connectivity index (χ0n) is 19.3. The van der Waals surface area contributed by atoms with E-state index < -0.39 is 5.41 Å². The molecule has 5 rings (SSSR count). The Bertz CT molecular complexity index is 1010. The lowest BCUT2D eigenvalue weighted by molar-refractivity contribution is 0.0911. The minimum Gasteiger partial charge on any atom is -0.298 e. The van der Waals surface area contributed by atoms with Crippen LogP contribution in [-0.2, 0) is 12.0 Å². The summed E-state index contributed by atoms with van der Waals surface area (Å²) in [5.41, 5.74) is 3.09. The molecule has 3 aromatic rings. The van der Waals surface area contributed by atoms with Crippen molar-refractivity contribution in [3.05, 3.63) is 108 Å². The molecule has 3 heteroatoms. The molecule has 0 radical (unpaired) electrons. The topological polar surface area (TPSA) is 30.3 Å². The maximum Gasteiger partial charge on any atom is 0.110 e. The molecule has 0 bridgehead atoms. The Kier molecular flexibility index (Phi) is 6.58. The van der Waals surface area contributed by atoms with Crippen molar-refractivity contribution in [1.29, 1.82) is 5.26 Å². The average molecular weight is 436 g/mol. The van der Waals surface area contributed by atoms with Crippen molar-refractivity contribution in [2.24, 2.45) is 5.92 Å². The van der Waals surface area contributed by atoms with Gasteiger partial charge in [0.15, 0.2) is 0 Å². The van der Waals surface area contributed by atoms with Gasteiger partial charge in [-0.25, -0.2) is 0 Å². The second kappa shape index (κ2) is 9.91. The summed E-state index contributed by atoms with van der Waals surface area (Å²) < 4.78 is 0. The summed E-state index contributed by atoms with van der Waals surface area (Å²) in [7, 11) is 0. The first kappa shape index (κ1) is 21.9. The van der Waals surface area contributed by atoms with E-state index in [1.807, 2.05) is 12.1 Å². The van der Waals surface area contributed by atoms with Crippen LogP contribution in [-0.4, -0.2) is 42.0 Å². The molecule has 2 atom stereocenters. The van der Waals surface area contributed by atoms with Gasteiger partial charge in [-0.15, -0.1) is 0 Å². The number of hydrogen-bond donors (Lipinski definition) is 0. The van der Waals surface area contributed by atoms with Crippen LogP contribution < -0.4 is 0 Å². The highest BCUT2D eigenvalue weighted by Crippen LogP contribution is 2.47. The molecular formula is C30H33N3. The van der Waals surface area contributed by atoms with Gasteiger partial charge >= 0.3 is 0 Å². The standard InChI is InChI=1S/C30H33N3/c31-24-30(26-12-6-2-7-13-26,27-14-8-3-9-15-27)28-16-17-29(22-28)33-20-18-32(19-21-33)23-25-10-4-1-5-11-25/h1-15,28-29H,16-23H2. The monoisotopic (exact) mass is 435 g/mol. The fraction of sp³-hybridized carbons (Fsp3) is 0.367. The lowest BCUT2D eigenvalue weighted by atomic mass is 9.66. The maximum absolute atomic E-state index is 10.6. The Hall–Kier alpha value is -2.93. The van der Waals surface area contributed by atoms with Crippen LogP contribution in [0.4, 0.5) is 0 Å². The third kappa shape index (κ3) is 4.47. The first-order chi connectivity index (χ1) is 16.3. The van der Waals surface area contributed by atoms with Crippen molar-refractivity contribution >= 4 is 0 Å². The Morgan fingerprint density at radius 2 is 1.27 bits per heavy atom. The van der Waals surface area contributed by atoms with Crippen LogP contribution in [0.15, 0.2) is 91.0 Å². The van der Waals surface area contributed by atoms with E-state index in [1.54, 1.807) is 0 Å². The van der Waals surface area contributed by atoms with Gasteiger partial charge < -0.3 is 0 Å². The van der Waals surface area contributed by atoms with Crippen LogP contribution >= 0.6 is 0 Å². The molecule has 1 aliphatic carbocycles. The molecule has 0 spiro atoms. The van der Waals surface area contributed by atoms with Gasteiger partial charge in [-0.2, -0.15) is 5.26 Å². The van der Waals surface area contributed by atoms with Crippen molar-refractivity contribution in [1.82, 2.24) is 9.80 Å². The van der Waals surface area contributed by atoms with E-state index in [4.69, 9.17) is 0 Å². The van der Waals surface area contributed by atoms with Crippen molar-refractivity contribution in [3.8, 4) is 6.07 Å². The zero-order chi connectivity index (χ0) is 22.5. The molecule has 0 amide bonds. The van der Waals surface area contributed by atoms with E-state index in [0.29, 0.717) is 12.0 Å². The Morgan fingerprint density at radius 3 is 1.82 bits per heavy atom. The van der Waals surface area contributed by atoms with Gasteiger partial charge in [0.25, 0.3) is 0 Å². The van der Waals surface area contributed by atoms with Crippen LogP contribution in [0.5, 0.6) is 0 Å². The second-order valence-electron chi connectivity index (χ2n) is 9.61. The first-order valence-corrected chi connectivity index (χ1v) is 12.3. The second-order valence-corrected chi connectivity index (χ2v) is 9.61. The fourth-order valence-corrected chi connectivity index (χ4v) is 6.07. The molecule has 33 heavy (non-hydrogen) atoms. The SMILES string of the molecule is N#CC(c1ccccc1)(c1ccccc1)C1CCC(N2CCN(Cc3ccccc3)CC2)C1. The van der Waals surface area contributed by atoms with Gasteiger partial charge in [-0.1, -0.05) is 91.0 Å². The highest BCUT2D eigenvalue weighted by Gasteiger charge is 2.47. The Morgan fingerprint density at radius 1 is 0.727 bits per heavy atom. The molecule has 1 saturated carbocycles. The lowest BCUT2D eigenvalue weighted by Crippen LogP contribution is -2.49. The largest absolute Gasteiger partial charge is 0.298 e. The maximum atomic E-state index is 10.6. The van der Waals surface area contributed by atoms with E-state index in [9.17, 15) is 5.26 Å². The number of nitrogens with zero attached hydrogens (tertiary/aromatic N) is 3. The number of piperazine rings is 1. The van der Waals surface area contributed by atoms with Crippen molar-refractivity contribution in [2.45, 2.75) is 37.3 Å². The fourth-order valence-electron chi connectivity index (χ4n) is 6.07. The molecule has 0 aromatic heterocycles. The molecule has 1 heterocycles. The van der Waals surface area contributed by atoms with Crippen LogP contribution in [0.1, 0.15) is 36.0 Å². The third-order valence-corrected chi connectivity index (χ3v) is 7.82. The summed E-state index contributed by atoms with van der Waals surface area (Å²) in [5, 5.41) is 10.6. The number of nitriles is 1. The molecule has 2 aliphatic rings. The number of hydrogen-bond acceptors (Lipinski definition) is 3. The molecule has 2 unspecified atom stereocenters. The Labute approximate surface area is 198 Å². The van der Waals surface area contributed by atoms with Gasteiger partial charge in [0.2, 0.25) is 0 Å². The van der Waals surface area contributed by atoms with Crippen molar-refractivity contribution in [3.63, 3.8) is 0 Å². The molecule has 3 nitrogen and oxygen atoms in total. The summed E-state index contributed by atoms with van der Waals surface area (Å²) in [6.45, 7) is 5.54.